The Hall–Kier alpha value is -0.830. The minimum Gasteiger partial charge on any atom is -0.344 e. The van der Waals surface area contributed by atoms with Gasteiger partial charge in [-0.25, -0.2) is 4.98 Å². The lowest BCUT2D eigenvalue weighted by Crippen LogP contribution is -2.39. The van der Waals surface area contributed by atoms with E-state index in [1.165, 1.54) is 37.8 Å². The number of H-pyrrole nitrogens is 1. The van der Waals surface area contributed by atoms with Crippen LogP contribution in [0.4, 0.5) is 0 Å². The van der Waals surface area contributed by atoms with Crippen molar-refractivity contribution in [3.05, 3.63) is 17.7 Å². The molecule has 82 valence electrons. The predicted molar refractivity (Wildman–Crippen MR) is 59.5 cm³/mol. The van der Waals surface area contributed by atoms with Crippen LogP contribution in [-0.4, -0.2) is 9.97 Å². The van der Waals surface area contributed by atoms with E-state index in [2.05, 4.69) is 9.97 Å². The quantitative estimate of drug-likeness (QED) is 0.779. The highest BCUT2D eigenvalue weighted by atomic mass is 15.0. The van der Waals surface area contributed by atoms with Crippen molar-refractivity contribution in [1.82, 2.24) is 9.97 Å². The SMILES string of the molecule is NC1(c2ncc(C3CC3)[nH]2)CCCCC1. The van der Waals surface area contributed by atoms with Gasteiger partial charge in [0.15, 0.2) is 0 Å². The van der Waals surface area contributed by atoms with Gasteiger partial charge in [-0.1, -0.05) is 19.3 Å². The number of aromatic amines is 1. The van der Waals surface area contributed by atoms with E-state index >= 15 is 0 Å². The van der Waals surface area contributed by atoms with Gasteiger partial charge >= 0.3 is 0 Å². The van der Waals surface area contributed by atoms with E-state index in [1.807, 2.05) is 6.20 Å². The molecule has 0 aliphatic heterocycles. The normalized spacial score (nSPS) is 25.4. The number of hydrogen-bond donors (Lipinski definition) is 2. The van der Waals surface area contributed by atoms with Crippen molar-refractivity contribution in [3.8, 4) is 0 Å². The van der Waals surface area contributed by atoms with Gasteiger partial charge in [0.2, 0.25) is 0 Å². The van der Waals surface area contributed by atoms with E-state index in [-0.39, 0.29) is 5.54 Å². The number of rotatable bonds is 2. The average Bonchev–Trinajstić information content (AvgIpc) is 2.97. The van der Waals surface area contributed by atoms with E-state index in [9.17, 15) is 0 Å². The minimum atomic E-state index is -0.161. The van der Waals surface area contributed by atoms with Gasteiger partial charge in [0.1, 0.15) is 5.82 Å². The van der Waals surface area contributed by atoms with Gasteiger partial charge in [0.25, 0.3) is 0 Å². The fraction of sp³-hybridized carbons (Fsp3) is 0.750. The average molecular weight is 205 g/mol. The predicted octanol–water partition coefficient (Wildman–Crippen LogP) is 2.41. The minimum absolute atomic E-state index is 0.161. The molecule has 2 aliphatic carbocycles. The van der Waals surface area contributed by atoms with Crippen LogP contribution < -0.4 is 5.73 Å². The third-order valence-corrected chi connectivity index (χ3v) is 3.83. The Morgan fingerprint density at radius 2 is 2.00 bits per heavy atom. The van der Waals surface area contributed by atoms with Gasteiger partial charge < -0.3 is 10.7 Å². The summed E-state index contributed by atoms with van der Waals surface area (Å²) in [4.78, 5) is 7.94. The summed E-state index contributed by atoms with van der Waals surface area (Å²) in [5, 5.41) is 0. The molecule has 3 nitrogen and oxygen atoms in total. The highest BCUT2D eigenvalue weighted by Gasteiger charge is 2.34. The van der Waals surface area contributed by atoms with Crippen LogP contribution in [-0.2, 0) is 5.54 Å². The van der Waals surface area contributed by atoms with Gasteiger partial charge in [-0.05, 0) is 25.7 Å². The molecule has 3 N–H and O–H groups in total. The van der Waals surface area contributed by atoms with Crippen molar-refractivity contribution in [2.75, 3.05) is 0 Å². The zero-order chi connectivity index (χ0) is 10.3. The first kappa shape index (κ1) is 9.40. The number of nitrogens with one attached hydrogen (secondary N) is 1. The summed E-state index contributed by atoms with van der Waals surface area (Å²) < 4.78 is 0. The van der Waals surface area contributed by atoms with Crippen LogP contribution in [0.3, 0.4) is 0 Å². The third kappa shape index (κ3) is 1.69. The van der Waals surface area contributed by atoms with E-state index in [4.69, 9.17) is 5.73 Å². The van der Waals surface area contributed by atoms with Gasteiger partial charge in [-0.15, -0.1) is 0 Å². The zero-order valence-corrected chi connectivity index (χ0v) is 9.13. The first-order chi connectivity index (χ1) is 7.28. The van der Waals surface area contributed by atoms with Gasteiger partial charge in [0.05, 0.1) is 5.54 Å². The maximum atomic E-state index is 6.42. The van der Waals surface area contributed by atoms with Crippen LogP contribution in [0.5, 0.6) is 0 Å². The van der Waals surface area contributed by atoms with Crippen LogP contribution in [0.15, 0.2) is 6.20 Å². The molecule has 2 saturated carbocycles. The second-order valence-electron chi connectivity index (χ2n) is 5.18. The van der Waals surface area contributed by atoms with E-state index in [1.54, 1.807) is 0 Å². The molecule has 0 spiro atoms. The molecule has 0 atom stereocenters. The molecule has 0 amide bonds. The second-order valence-corrected chi connectivity index (χ2v) is 5.18. The summed E-state index contributed by atoms with van der Waals surface area (Å²) in [5.74, 6) is 1.78. The lowest BCUT2D eigenvalue weighted by Gasteiger charge is -2.31. The molecule has 1 aromatic heterocycles. The van der Waals surface area contributed by atoms with Crippen molar-refractivity contribution in [1.29, 1.82) is 0 Å². The van der Waals surface area contributed by atoms with E-state index < -0.39 is 0 Å². The number of aromatic nitrogens is 2. The standard InChI is InChI=1S/C12H19N3/c13-12(6-2-1-3-7-12)11-14-8-10(15-11)9-4-5-9/h8-9H,1-7,13H2,(H,14,15). The molecule has 0 saturated heterocycles. The largest absolute Gasteiger partial charge is 0.344 e. The van der Waals surface area contributed by atoms with Gasteiger partial charge in [-0.2, -0.15) is 0 Å². The zero-order valence-electron chi connectivity index (χ0n) is 9.13. The maximum Gasteiger partial charge on any atom is 0.126 e. The molecule has 2 aliphatic rings. The first-order valence-corrected chi connectivity index (χ1v) is 6.12. The fourth-order valence-electron chi connectivity index (χ4n) is 2.61. The smallest absolute Gasteiger partial charge is 0.126 e. The summed E-state index contributed by atoms with van der Waals surface area (Å²) >= 11 is 0. The van der Waals surface area contributed by atoms with Crippen molar-refractivity contribution < 1.29 is 0 Å². The molecular formula is C12H19N3. The summed E-state index contributed by atoms with van der Waals surface area (Å²) in [6.07, 6.45) is 10.6. The summed E-state index contributed by atoms with van der Waals surface area (Å²) in [6.45, 7) is 0. The fourth-order valence-corrected chi connectivity index (χ4v) is 2.61. The Morgan fingerprint density at radius 3 is 2.67 bits per heavy atom. The van der Waals surface area contributed by atoms with Gasteiger partial charge in [-0.3, -0.25) is 0 Å². The Labute approximate surface area is 90.5 Å². The number of nitrogens with two attached hydrogens (primary N) is 1. The molecule has 3 heteroatoms. The van der Waals surface area contributed by atoms with Crippen molar-refractivity contribution in [2.24, 2.45) is 5.73 Å². The Balaban J connectivity index is 1.83. The molecule has 2 fully saturated rings. The lowest BCUT2D eigenvalue weighted by molar-refractivity contribution is 0.288. The second kappa shape index (κ2) is 3.34. The Bertz CT molecular complexity index is 346. The topological polar surface area (TPSA) is 54.7 Å². The number of hydrogen-bond acceptors (Lipinski definition) is 2. The summed E-state index contributed by atoms with van der Waals surface area (Å²) in [6, 6.07) is 0. The lowest BCUT2D eigenvalue weighted by atomic mass is 9.82. The van der Waals surface area contributed by atoms with E-state index in [0.717, 1.165) is 24.6 Å². The van der Waals surface area contributed by atoms with Crippen molar-refractivity contribution in [2.45, 2.75) is 56.4 Å². The summed E-state index contributed by atoms with van der Waals surface area (Å²) in [7, 11) is 0. The molecule has 0 radical (unpaired) electrons. The van der Waals surface area contributed by atoms with Crippen molar-refractivity contribution >= 4 is 0 Å². The molecular weight excluding hydrogens is 186 g/mol. The van der Waals surface area contributed by atoms with Crippen LogP contribution in [0.2, 0.25) is 0 Å². The Kier molecular flexibility index (Phi) is 2.09. The molecule has 0 unspecified atom stereocenters. The first-order valence-electron chi connectivity index (χ1n) is 6.12. The van der Waals surface area contributed by atoms with E-state index in [0.29, 0.717) is 0 Å². The van der Waals surface area contributed by atoms with Crippen molar-refractivity contribution in [3.63, 3.8) is 0 Å². The highest BCUT2D eigenvalue weighted by molar-refractivity contribution is 5.17. The molecule has 15 heavy (non-hydrogen) atoms. The molecule has 0 aromatic carbocycles. The summed E-state index contributed by atoms with van der Waals surface area (Å²) in [5.41, 5.74) is 7.57. The molecule has 1 aromatic rings. The third-order valence-electron chi connectivity index (χ3n) is 3.83. The monoisotopic (exact) mass is 205 g/mol. The highest BCUT2D eigenvalue weighted by Crippen LogP contribution is 2.40. The molecule has 0 bridgehead atoms. The van der Waals surface area contributed by atoms with Crippen LogP contribution >= 0.6 is 0 Å². The molecule has 3 rings (SSSR count). The van der Waals surface area contributed by atoms with Crippen LogP contribution in [0, 0.1) is 0 Å². The maximum absolute atomic E-state index is 6.42. The molecule has 1 heterocycles. The van der Waals surface area contributed by atoms with Crippen LogP contribution in [0.1, 0.15) is 62.4 Å². The number of imidazole rings is 1. The van der Waals surface area contributed by atoms with Gasteiger partial charge in [0, 0.05) is 17.8 Å². The number of nitrogens with zero attached hydrogens (tertiary/aromatic N) is 1. The Morgan fingerprint density at radius 1 is 1.27 bits per heavy atom. The van der Waals surface area contributed by atoms with Crippen LogP contribution in [0.25, 0.3) is 0 Å².